The second-order valence-electron chi connectivity index (χ2n) is 10.7. The molecule has 0 heterocycles. The first-order chi connectivity index (χ1) is 16.1. The summed E-state index contributed by atoms with van der Waals surface area (Å²) in [6.45, 7) is 17.3. The van der Waals surface area contributed by atoms with Crippen molar-refractivity contribution in [2.24, 2.45) is 0 Å². The fraction of sp³-hybridized carbons (Fsp3) is 0.500. The fourth-order valence-electron chi connectivity index (χ4n) is 4.79. The Hall–Kier alpha value is -2.04. The molecule has 1 N–H and O–H groups in total. The first-order valence-electron chi connectivity index (χ1n) is 12.6. The van der Waals surface area contributed by atoms with Crippen LogP contribution in [0.4, 0.5) is 0 Å². The quantitative estimate of drug-likeness (QED) is 0.283. The van der Waals surface area contributed by atoms with Crippen LogP contribution in [0.25, 0.3) is 12.2 Å². The molecule has 4 heteroatoms. The van der Waals surface area contributed by atoms with Crippen LogP contribution in [0, 0.1) is 0 Å². The molecule has 0 unspecified atom stereocenters. The highest BCUT2D eigenvalue weighted by atomic mass is 32.2. The third kappa shape index (κ3) is 6.34. The Morgan fingerprint density at radius 1 is 0.971 bits per heavy atom. The molecule has 0 saturated carbocycles. The van der Waals surface area contributed by atoms with Crippen LogP contribution in [0.1, 0.15) is 92.6 Å². The predicted octanol–water partition coefficient (Wildman–Crippen LogP) is 7.48. The maximum absolute atomic E-state index is 11.2. The Labute approximate surface area is 210 Å². The van der Waals surface area contributed by atoms with Gasteiger partial charge in [-0.05, 0) is 76.7 Å². The van der Waals surface area contributed by atoms with E-state index in [1.54, 1.807) is 12.1 Å². The van der Waals surface area contributed by atoms with Crippen molar-refractivity contribution >= 4 is 29.9 Å². The van der Waals surface area contributed by atoms with E-state index in [1.165, 1.54) is 35.1 Å². The van der Waals surface area contributed by atoms with Gasteiger partial charge in [-0.3, -0.25) is 0 Å². The molecule has 34 heavy (non-hydrogen) atoms. The summed E-state index contributed by atoms with van der Waals surface area (Å²) in [5.41, 5.74) is 7.36. The van der Waals surface area contributed by atoms with E-state index in [2.05, 4.69) is 70.7 Å². The molecule has 0 atom stereocenters. The number of carboxylic acid groups (broad SMARTS) is 1. The van der Waals surface area contributed by atoms with Crippen molar-refractivity contribution in [3.8, 4) is 0 Å². The minimum atomic E-state index is -0.890. The van der Waals surface area contributed by atoms with Gasteiger partial charge in [-0.1, -0.05) is 78.0 Å². The molecule has 0 radical (unpaired) electrons. The van der Waals surface area contributed by atoms with Crippen molar-refractivity contribution in [2.45, 2.75) is 71.0 Å². The first kappa shape index (κ1) is 26.6. The van der Waals surface area contributed by atoms with Crippen molar-refractivity contribution in [3.63, 3.8) is 0 Å². The number of thioether (sulfide) groups is 1. The number of benzene rings is 2. The molecule has 0 bridgehead atoms. The molecular formula is C30H41NO2S. The second-order valence-corrected chi connectivity index (χ2v) is 11.8. The van der Waals surface area contributed by atoms with Crippen LogP contribution in [0.15, 0.2) is 36.4 Å². The molecule has 0 saturated heterocycles. The first-order valence-corrected chi connectivity index (χ1v) is 13.7. The standard InChI is InChI=1S/C30H41NO2S/c1-7-31(8-2)17-18-34-21-25-20-27-26(29(3,4)15-16-30(27,5)6)19-24(25)14-11-22-9-12-23(13-10-22)28(32)33/h9-14,19-20H,7-8,15-18,21H2,1-6H3,(H,32,33)/b14-11+. The van der Waals surface area contributed by atoms with Gasteiger partial charge in [-0.2, -0.15) is 11.8 Å². The van der Waals surface area contributed by atoms with Crippen LogP contribution in [0.2, 0.25) is 0 Å². The lowest BCUT2D eigenvalue weighted by molar-refractivity contribution is 0.0697. The average molecular weight is 480 g/mol. The zero-order valence-corrected chi connectivity index (χ0v) is 22.6. The molecule has 2 aromatic rings. The highest BCUT2D eigenvalue weighted by Gasteiger charge is 2.37. The highest BCUT2D eigenvalue weighted by molar-refractivity contribution is 7.98. The summed E-state index contributed by atoms with van der Waals surface area (Å²) in [4.78, 5) is 13.6. The third-order valence-electron chi connectivity index (χ3n) is 7.43. The molecule has 1 aliphatic carbocycles. The largest absolute Gasteiger partial charge is 0.478 e. The number of nitrogens with zero attached hydrogens (tertiary/aromatic N) is 1. The van der Waals surface area contributed by atoms with Crippen molar-refractivity contribution < 1.29 is 9.90 Å². The lowest BCUT2D eigenvalue weighted by atomic mass is 9.62. The smallest absolute Gasteiger partial charge is 0.335 e. The van der Waals surface area contributed by atoms with E-state index in [0.717, 1.165) is 36.7 Å². The van der Waals surface area contributed by atoms with Gasteiger partial charge in [-0.15, -0.1) is 0 Å². The molecule has 0 spiro atoms. The Morgan fingerprint density at radius 2 is 1.56 bits per heavy atom. The van der Waals surface area contributed by atoms with Crippen molar-refractivity contribution in [1.29, 1.82) is 0 Å². The number of rotatable bonds is 10. The summed E-state index contributed by atoms with van der Waals surface area (Å²) in [5, 5.41) is 9.17. The van der Waals surface area contributed by atoms with Gasteiger partial charge in [0.1, 0.15) is 0 Å². The highest BCUT2D eigenvalue weighted by Crippen LogP contribution is 2.47. The molecule has 184 valence electrons. The normalized spacial score (nSPS) is 16.7. The number of fused-ring (bicyclic) bond motifs is 1. The summed E-state index contributed by atoms with van der Waals surface area (Å²) in [6.07, 6.45) is 6.74. The minimum absolute atomic E-state index is 0.172. The number of carbonyl (C=O) groups is 1. The summed E-state index contributed by atoms with van der Waals surface area (Å²) >= 11 is 2.02. The van der Waals surface area contributed by atoms with Gasteiger partial charge in [0.25, 0.3) is 0 Å². The van der Waals surface area contributed by atoms with Gasteiger partial charge in [0.2, 0.25) is 0 Å². The molecule has 0 aromatic heterocycles. The molecule has 0 amide bonds. The van der Waals surface area contributed by atoms with Gasteiger partial charge in [0.15, 0.2) is 0 Å². The predicted molar refractivity (Wildman–Crippen MR) is 148 cm³/mol. The van der Waals surface area contributed by atoms with Crippen LogP contribution >= 0.6 is 11.8 Å². The van der Waals surface area contributed by atoms with E-state index in [0.29, 0.717) is 5.56 Å². The Balaban J connectivity index is 1.92. The Kier molecular flexibility index (Phi) is 8.70. The van der Waals surface area contributed by atoms with Gasteiger partial charge in [-0.25, -0.2) is 4.79 Å². The van der Waals surface area contributed by atoms with Crippen LogP contribution in [-0.2, 0) is 16.6 Å². The Morgan fingerprint density at radius 3 is 2.12 bits per heavy atom. The molecule has 0 fully saturated rings. The summed E-state index contributed by atoms with van der Waals surface area (Å²) < 4.78 is 0. The molecule has 3 nitrogen and oxygen atoms in total. The third-order valence-corrected chi connectivity index (χ3v) is 8.42. The molecule has 2 aromatic carbocycles. The lowest BCUT2D eigenvalue weighted by Gasteiger charge is -2.42. The maximum Gasteiger partial charge on any atom is 0.335 e. The van der Waals surface area contributed by atoms with Crippen LogP contribution in [0.5, 0.6) is 0 Å². The SMILES string of the molecule is CCN(CC)CCSCc1cc2c(cc1/C=C/c1ccc(C(=O)O)cc1)C(C)(C)CCC2(C)C. The monoisotopic (exact) mass is 479 g/mol. The number of aromatic carboxylic acids is 1. The maximum atomic E-state index is 11.2. The van der Waals surface area contributed by atoms with Crippen LogP contribution < -0.4 is 0 Å². The average Bonchev–Trinajstić information content (AvgIpc) is 2.81. The van der Waals surface area contributed by atoms with Crippen LogP contribution in [0.3, 0.4) is 0 Å². The number of hydrogen-bond donors (Lipinski definition) is 1. The molecular weight excluding hydrogens is 438 g/mol. The van der Waals surface area contributed by atoms with E-state index in [1.807, 2.05) is 23.9 Å². The van der Waals surface area contributed by atoms with Gasteiger partial charge in [0.05, 0.1) is 5.56 Å². The molecule has 3 rings (SSSR count). The topological polar surface area (TPSA) is 40.5 Å². The van der Waals surface area contributed by atoms with Crippen molar-refractivity contribution in [1.82, 2.24) is 4.90 Å². The van der Waals surface area contributed by atoms with Crippen LogP contribution in [-0.4, -0.2) is 41.4 Å². The van der Waals surface area contributed by atoms with E-state index in [-0.39, 0.29) is 10.8 Å². The van der Waals surface area contributed by atoms with E-state index in [9.17, 15) is 4.79 Å². The molecule has 1 aliphatic rings. The van der Waals surface area contributed by atoms with Crippen molar-refractivity contribution in [3.05, 3.63) is 69.8 Å². The molecule has 0 aliphatic heterocycles. The fourth-order valence-corrected chi connectivity index (χ4v) is 5.80. The number of carboxylic acids is 1. The summed E-state index contributed by atoms with van der Waals surface area (Å²) in [5.74, 6) is 1.25. The number of hydrogen-bond acceptors (Lipinski definition) is 3. The van der Waals surface area contributed by atoms with E-state index >= 15 is 0 Å². The summed E-state index contributed by atoms with van der Waals surface area (Å²) in [6, 6.07) is 12.0. The van der Waals surface area contributed by atoms with Gasteiger partial charge in [0, 0.05) is 18.1 Å². The van der Waals surface area contributed by atoms with E-state index < -0.39 is 5.97 Å². The van der Waals surface area contributed by atoms with Gasteiger partial charge >= 0.3 is 5.97 Å². The lowest BCUT2D eigenvalue weighted by Crippen LogP contribution is -2.34. The zero-order chi connectivity index (χ0) is 24.9. The van der Waals surface area contributed by atoms with Gasteiger partial charge < -0.3 is 10.0 Å². The Bertz CT molecular complexity index is 1020. The van der Waals surface area contributed by atoms with Crippen molar-refractivity contribution in [2.75, 3.05) is 25.4 Å². The minimum Gasteiger partial charge on any atom is -0.478 e. The summed E-state index contributed by atoms with van der Waals surface area (Å²) in [7, 11) is 0. The zero-order valence-electron chi connectivity index (χ0n) is 21.8. The van der Waals surface area contributed by atoms with E-state index in [4.69, 9.17) is 5.11 Å². The second kappa shape index (κ2) is 11.1.